The van der Waals surface area contributed by atoms with E-state index >= 15 is 0 Å². The third-order valence-corrected chi connectivity index (χ3v) is 5.10. The van der Waals surface area contributed by atoms with Crippen LogP contribution < -0.4 is 0 Å². The molecule has 26 heavy (non-hydrogen) atoms. The van der Waals surface area contributed by atoms with Crippen LogP contribution in [0.25, 0.3) is 10.8 Å². The van der Waals surface area contributed by atoms with Crippen LogP contribution >= 0.6 is 11.8 Å². The second-order valence-electron chi connectivity index (χ2n) is 5.93. The minimum absolute atomic E-state index is 0.775. The van der Waals surface area contributed by atoms with E-state index in [1.165, 1.54) is 16.3 Å². The molecule has 1 aromatic heterocycles. The molecule has 3 aromatic carbocycles. The molecule has 0 aliphatic carbocycles. The second kappa shape index (κ2) is 7.54. The zero-order valence-electron chi connectivity index (χ0n) is 14.4. The van der Waals surface area contributed by atoms with Gasteiger partial charge in [-0.2, -0.15) is 9.78 Å². The molecule has 0 saturated heterocycles. The van der Waals surface area contributed by atoms with Gasteiger partial charge in [0, 0.05) is 11.3 Å². The molecule has 0 radical (unpaired) electrons. The molecule has 0 unspecified atom stereocenters. The molecule has 0 saturated carbocycles. The van der Waals surface area contributed by atoms with Crippen LogP contribution in [0.4, 0.5) is 0 Å². The van der Waals surface area contributed by atoms with Gasteiger partial charge in [-0.15, -0.1) is 10.2 Å². The molecule has 4 aromatic rings. The van der Waals surface area contributed by atoms with Crippen LogP contribution in [0, 0.1) is 6.92 Å². The highest BCUT2D eigenvalue weighted by molar-refractivity contribution is 7.98. The molecule has 0 fully saturated rings. The van der Waals surface area contributed by atoms with Gasteiger partial charge in [0.05, 0.1) is 6.21 Å². The van der Waals surface area contributed by atoms with Crippen molar-refractivity contribution >= 4 is 28.7 Å². The number of aromatic nitrogens is 3. The second-order valence-corrected chi connectivity index (χ2v) is 6.87. The fourth-order valence-electron chi connectivity index (χ4n) is 2.77. The van der Waals surface area contributed by atoms with Gasteiger partial charge < -0.3 is 0 Å². The molecular weight excluding hydrogens is 340 g/mol. The van der Waals surface area contributed by atoms with Gasteiger partial charge >= 0.3 is 0 Å². The van der Waals surface area contributed by atoms with Crippen molar-refractivity contribution in [1.29, 1.82) is 0 Å². The number of aryl methyl sites for hydroxylation is 1. The van der Waals surface area contributed by atoms with E-state index in [0.29, 0.717) is 0 Å². The van der Waals surface area contributed by atoms with Crippen molar-refractivity contribution in [1.82, 2.24) is 14.9 Å². The standard InChI is InChI=1S/C21H18N4S/c1-16-23-24-21(26-15-17-8-3-2-4-9-17)25(16)22-14-19-12-7-11-18-10-5-6-13-20(18)19/h2-14H,15H2,1H3/b22-14+. The molecule has 0 aliphatic rings. The number of nitrogens with zero attached hydrogens (tertiary/aromatic N) is 4. The van der Waals surface area contributed by atoms with Crippen molar-refractivity contribution < 1.29 is 0 Å². The minimum atomic E-state index is 0.775. The quantitative estimate of drug-likeness (QED) is 0.376. The Kier molecular flexibility index (Phi) is 4.80. The van der Waals surface area contributed by atoms with Crippen LogP contribution in [0.3, 0.4) is 0 Å². The smallest absolute Gasteiger partial charge is 0.192 e. The van der Waals surface area contributed by atoms with Crippen LogP contribution in [-0.2, 0) is 5.75 Å². The summed E-state index contributed by atoms with van der Waals surface area (Å²) in [5.74, 6) is 1.61. The normalized spacial score (nSPS) is 11.4. The average molecular weight is 358 g/mol. The summed E-state index contributed by atoms with van der Waals surface area (Å²) in [6, 6.07) is 24.9. The molecular formula is C21H18N4S. The topological polar surface area (TPSA) is 43.1 Å². The van der Waals surface area contributed by atoms with E-state index < -0.39 is 0 Å². The third-order valence-electron chi connectivity index (χ3n) is 4.11. The van der Waals surface area contributed by atoms with Gasteiger partial charge in [-0.25, -0.2) is 0 Å². The lowest BCUT2D eigenvalue weighted by Gasteiger charge is -2.04. The fourth-order valence-corrected chi connectivity index (χ4v) is 3.65. The van der Waals surface area contributed by atoms with E-state index in [9.17, 15) is 0 Å². The Morgan fingerprint density at radius 3 is 2.58 bits per heavy atom. The van der Waals surface area contributed by atoms with Crippen molar-refractivity contribution in [2.75, 3.05) is 0 Å². The molecule has 0 atom stereocenters. The summed E-state index contributed by atoms with van der Waals surface area (Å²) in [5.41, 5.74) is 2.33. The average Bonchev–Trinajstić information content (AvgIpc) is 3.05. The van der Waals surface area contributed by atoms with Crippen molar-refractivity contribution in [3.05, 3.63) is 89.7 Å². The lowest BCUT2D eigenvalue weighted by Crippen LogP contribution is -1.97. The Morgan fingerprint density at radius 2 is 1.69 bits per heavy atom. The highest BCUT2D eigenvalue weighted by Crippen LogP contribution is 2.22. The van der Waals surface area contributed by atoms with Crippen LogP contribution in [-0.4, -0.2) is 21.1 Å². The van der Waals surface area contributed by atoms with Crippen molar-refractivity contribution in [2.24, 2.45) is 5.10 Å². The Bertz CT molecular complexity index is 1050. The summed E-state index contributed by atoms with van der Waals surface area (Å²) >= 11 is 1.64. The van der Waals surface area contributed by atoms with Gasteiger partial charge in [0.2, 0.25) is 5.16 Å². The summed E-state index contributed by atoms with van der Waals surface area (Å²) in [6.45, 7) is 1.92. The predicted molar refractivity (Wildman–Crippen MR) is 108 cm³/mol. The summed E-state index contributed by atoms with van der Waals surface area (Å²) in [4.78, 5) is 0. The first kappa shape index (κ1) is 16.5. The fraction of sp³-hybridized carbons (Fsp3) is 0.0952. The monoisotopic (exact) mass is 358 g/mol. The van der Waals surface area contributed by atoms with E-state index in [1.807, 2.05) is 49.5 Å². The van der Waals surface area contributed by atoms with E-state index in [1.54, 1.807) is 16.4 Å². The summed E-state index contributed by atoms with van der Waals surface area (Å²) < 4.78 is 1.80. The lowest BCUT2D eigenvalue weighted by atomic mass is 10.1. The van der Waals surface area contributed by atoms with E-state index in [-0.39, 0.29) is 0 Å². The maximum Gasteiger partial charge on any atom is 0.212 e. The minimum Gasteiger partial charge on any atom is -0.192 e. The van der Waals surface area contributed by atoms with Crippen LogP contribution in [0.1, 0.15) is 17.0 Å². The molecule has 4 rings (SSSR count). The Balaban J connectivity index is 1.60. The molecule has 0 amide bonds. The zero-order chi connectivity index (χ0) is 17.8. The molecule has 0 aliphatic heterocycles. The first-order valence-corrected chi connectivity index (χ1v) is 9.41. The molecule has 1 heterocycles. The highest BCUT2D eigenvalue weighted by Gasteiger charge is 2.09. The van der Waals surface area contributed by atoms with Gasteiger partial charge in [0.25, 0.3) is 0 Å². The molecule has 0 spiro atoms. The Labute approximate surface area is 156 Å². The molecule has 128 valence electrons. The predicted octanol–water partition coefficient (Wildman–Crippen LogP) is 4.91. The number of fused-ring (bicyclic) bond motifs is 1. The SMILES string of the molecule is Cc1nnc(SCc2ccccc2)n1/N=C/c1cccc2ccccc12. The van der Waals surface area contributed by atoms with Crippen LogP contribution in [0.2, 0.25) is 0 Å². The maximum atomic E-state index is 4.64. The van der Waals surface area contributed by atoms with Gasteiger partial charge in [-0.1, -0.05) is 84.6 Å². The number of rotatable bonds is 5. The zero-order valence-corrected chi connectivity index (χ0v) is 15.2. The largest absolute Gasteiger partial charge is 0.212 e. The van der Waals surface area contributed by atoms with Crippen molar-refractivity contribution in [3.8, 4) is 0 Å². The summed E-state index contributed by atoms with van der Waals surface area (Å²) in [7, 11) is 0. The molecule has 0 bridgehead atoms. The van der Waals surface area contributed by atoms with E-state index in [4.69, 9.17) is 0 Å². The number of hydrogen-bond acceptors (Lipinski definition) is 4. The van der Waals surface area contributed by atoms with Gasteiger partial charge in [-0.3, -0.25) is 0 Å². The highest BCUT2D eigenvalue weighted by atomic mass is 32.2. The number of hydrogen-bond donors (Lipinski definition) is 0. The Morgan fingerprint density at radius 1 is 0.923 bits per heavy atom. The summed E-state index contributed by atoms with van der Waals surface area (Å²) in [6.07, 6.45) is 1.88. The third kappa shape index (κ3) is 3.53. The van der Waals surface area contributed by atoms with E-state index in [2.05, 4.69) is 51.7 Å². The first-order valence-electron chi connectivity index (χ1n) is 8.42. The summed E-state index contributed by atoms with van der Waals surface area (Å²) in [5, 5.41) is 16.3. The first-order chi connectivity index (χ1) is 12.8. The van der Waals surface area contributed by atoms with Crippen molar-refractivity contribution in [3.63, 3.8) is 0 Å². The molecule has 4 nitrogen and oxygen atoms in total. The van der Waals surface area contributed by atoms with E-state index in [0.717, 1.165) is 22.3 Å². The molecule has 0 N–H and O–H groups in total. The lowest BCUT2D eigenvalue weighted by molar-refractivity contribution is 0.744. The van der Waals surface area contributed by atoms with Gasteiger partial charge in [0.15, 0.2) is 5.82 Å². The van der Waals surface area contributed by atoms with Gasteiger partial charge in [-0.05, 0) is 23.3 Å². The Hall–Kier alpha value is -2.92. The van der Waals surface area contributed by atoms with Crippen LogP contribution in [0.15, 0.2) is 83.1 Å². The van der Waals surface area contributed by atoms with Crippen LogP contribution in [0.5, 0.6) is 0 Å². The van der Waals surface area contributed by atoms with Crippen molar-refractivity contribution in [2.45, 2.75) is 17.8 Å². The van der Waals surface area contributed by atoms with Gasteiger partial charge in [0.1, 0.15) is 0 Å². The molecule has 5 heteroatoms. The maximum absolute atomic E-state index is 4.64. The number of thioether (sulfide) groups is 1. The number of benzene rings is 3.